The number of nitrogens with zero attached hydrogens (tertiary/aromatic N) is 1. The van der Waals surface area contributed by atoms with Gasteiger partial charge in [0.25, 0.3) is 5.91 Å². The topological polar surface area (TPSA) is 81.4 Å². The van der Waals surface area contributed by atoms with Crippen LogP contribution in [0.5, 0.6) is 0 Å². The van der Waals surface area contributed by atoms with Gasteiger partial charge in [-0.05, 0) is 59.0 Å². The van der Waals surface area contributed by atoms with Crippen molar-refractivity contribution in [3.8, 4) is 11.5 Å². The van der Waals surface area contributed by atoms with E-state index in [2.05, 4.69) is 32.9 Å². The van der Waals surface area contributed by atoms with E-state index in [1.165, 1.54) is 6.26 Å². The summed E-state index contributed by atoms with van der Waals surface area (Å²) in [7, 11) is 0. The molecule has 1 amide bonds. The highest BCUT2D eigenvalue weighted by atomic mass is 127. The summed E-state index contributed by atoms with van der Waals surface area (Å²) in [5.74, 6) is -0.509. The van der Waals surface area contributed by atoms with Gasteiger partial charge >= 0.3 is 5.97 Å². The molecule has 2 aromatic carbocycles. The average molecular weight is 462 g/mol. The van der Waals surface area contributed by atoms with E-state index in [1.54, 1.807) is 12.1 Å². The summed E-state index contributed by atoms with van der Waals surface area (Å²) in [5.41, 5.74) is 1.92. The van der Waals surface area contributed by atoms with Gasteiger partial charge in [0.2, 0.25) is 5.89 Å². The number of hydrogen-bond donors (Lipinski definition) is 1. The first-order valence-corrected chi connectivity index (χ1v) is 8.89. The number of ether oxygens (including phenoxy) is 1. The van der Waals surface area contributed by atoms with Crippen LogP contribution < -0.4 is 5.32 Å². The minimum atomic E-state index is -0.546. The number of amides is 1. The molecule has 0 saturated carbocycles. The number of aromatic nitrogens is 1. The highest BCUT2D eigenvalue weighted by Gasteiger charge is 2.13. The normalized spacial score (nSPS) is 10.3. The molecule has 1 heterocycles. The van der Waals surface area contributed by atoms with E-state index >= 15 is 0 Å². The van der Waals surface area contributed by atoms with Crippen molar-refractivity contribution in [2.24, 2.45) is 0 Å². The largest absolute Gasteiger partial charge is 0.455 e. The second-order valence-corrected chi connectivity index (χ2v) is 6.65. The number of anilines is 1. The standard InChI is InChI=1S/C19H15IN2O4/c20-14-6-8-15(9-7-14)21-17(23)12-25-18(24)10-16-11-26-19(22-16)13-4-2-1-3-5-13/h1-9,11H,10,12H2,(H,21,23). The van der Waals surface area contributed by atoms with Crippen molar-refractivity contribution in [3.05, 3.63) is 70.1 Å². The van der Waals surface area contributed by atoms with Crippen LogP contribution in [0.2, 0.25) is 0 Å². The van der Waals surface area contributed by atoms with Gasteiger partial charge < -0.3 is 14.5 Å². The van der Waals surface area contributed by atoms with Crippen LogP contribution in [0.3, 0.4) is 0 Å². The Labute approximate surface area is 163 Å². The minimum Gasteiger partial charge on any atom is -0.455 e. The highest BCUT2D eigenvalue weighted by molar-refractivity contribution is 14.1. The first-order valence-electron chi connectivity index (χ1n) is 7.81. The zero-order valence-corrected chi connectivity index (χ0v) is 15.8. The van der Waals surface area contributed by atoms with E-state index in [0.717, 1.165) is 9.13 Å². The maximum Gasteiger partial charge on any atom is 0.312 e. The van der Waals surface area contributed by atoms with Crippen LogP contribution in [-0.2, 0) is 20.7 Å². The zero-order chi connectivity index (χ0) is 18.4. The number of carbonyl (C=O) groups is 2. The van der Waals surface area contributed by atoms with E-state index in [-0.39, 0.29) is 13.0 Å². The third-order valence-electron chi connectivity index (χ3n) is 3.39. The number of hydrogen-bond acceptors (Lipinski definition) is 5. The van der Waals surface area contributed by atoms with Gasteiger partial charge in [0.15, 0.2) is 6.61 Å². The van der Waals surface area contributed by atoms with Crippen LogP contribution in [0.1, 0.15) is 5.69 Å². The van der Waals surface area contributed by atoms with Crippen molar-refractivity contribution in [1.82, 2.24) is 4.98 Å². The summed E-state index contributed by atoms with van der Waals surface area (Å²) in [6.45, 7) is -0.353. The summed E-state index contributed by atoms with van der Waals surface area (Å²) < 4.78 is 11.4. The maximum absolute atomic E-state index is 11.9. The molecule has 0 aliphatic carbocycles. The molecule has 0 atom stereocenters. The van der Waals surface area contributed by atoms with Crippen LogP contribution in [0.25, 0.3) is 11.5 Å². The van der Waals surface area contributed by atoms with Crippen molar-refractivity contribution < 1.29 is 18.7 Å². The van der Waals surface area contributed by atoms with Crippen LogP contribution in [0.4, 0.5) is 5.69 Å². The fraction of sp³-hybridized carbons (Fsp3) is 0.105. The Kier molecular flexibility index (Phi) is 6.00. The van der Waals surface area contributed by atoms with Gasteiger partial charge in [0.1, 0.15) is 6.26 Å². The van der Waals surface area contributed by atoms with Crippen molar-refractivity contribution >= 4 is 40.2 Å². The fourth-order valence-electron chi connectivity index (χ4n) is 2.18. The van der Waals surface area contributed by atoms with Gasteiger partial charge in [-0.25, -0.2) is 4.98 Å². The molecule has 6 nitrogen and oxygen atoms in total. The van der Waals surface area contributed by atoms with Gasteiger partial charge in [-0.1, -0.05) is 18.2 Å². The lowest BCUT2D eigenvalue weighted by molar-refractivity contribution is -0.146. The molecule has 1 aromatic heterocycles. The molecule has 3 aromatic rings. The van der Waals surface area contributed by atoms with Crippen LogP contribution >= 0.6 is 22.6 Å². The molecule has 0 saturated heterocycles. The Morgan fingerprint density at radius 2 is 1.81 bits per heavy atom. The molecule has 0 aliphatic rings. The number of carbonyl (C=O) groups excluding carboxylic acids is 2. The monoisotopic (exact) mass is 462 g/mol. The summed E-state index contributed by atoms with van der Waals surface area (Å²) in [6, 6.07) is 16.7. The number of halogens is 1. The molecule has 0 radical (unpaired) electrons. The van der Waals surface area contributed by atoms with Gasteiger partial charge in [0.05, 0.1) is 12.1 Å². The number of esters is 1. The second kappa shape index (κ2) is 8.61. The molecular weight excluding hydrogens is 447 g/mol. The van der Waals surface area contributed by atoms with Gasteiger partial charge in [-0.2, -0.15) is 0 Å². The molecule has 0 aliphatic heterocycles. The molecule has 0 unspecified atom stereocenters. The van der Waals surface area contributed by atoms with Crippen LogP contribution in [0.15, 0.2) is 65.3 Å². The van der Waals surface area contributed by atoms with Crippen LogP contribution in [-0.4, -0.2) is 23.5 Å². The molecule has 0 fully saturated rings. The van der Waals surface area contributed by atoms with E-state index in [9.17, 15) is 9.59 Å². The Hall–Kier alpha value is -2.68. The molecule has 0 bridgehead atoms. The average Bonchev–Trinajstić information content (AvgIpc) is 3.11. The third kappa shape index (κ3) is 5.16. The van der Waals surface area contributed by atoms with Crippen molar-refractivity contribution in [2.45, 2.75) is 6.42 Å². The van der Waals surface area contributed by atoms with E-state index in [1.807, 2.05) is 42.5 Å². The molecule has 3 rings (SSSR count). The number of nitrogens with one attached hydrogen (secondary N) is 1. The van der Waals surface area contributed by atoms with Crippen LogP contribution in [0, 0.1) is 3.57 Å². The van der Waals surface area contributed by atoms with Gasteiger partial charge in [-0.15, -0.1) is 0 Å². The van der Waals surface area contributed by atoms with E-state index < -0.39 is 11.9 Å². The Bertz CT molecular complexity index is 891. The number of benzene rings is 2. The predicted octanol–water partition coefficient (Wildman–Crippen LogP) is 3.67. The summed E-state index contributed by atoms with van der Waals surface area (Å²) in [4.78, 5) is 27.9. The van der Waals surface area contributed by atoms with E-state index in [4.69, 9.17) is 9.15 Å². The van der Waals surface area contributed by atoms with E-state index in [0.29, 0.717) is 17.3 Å². The van der Waals surface area contributed by atoms with Crippen molar-refractivity contribution in [3.63, 3.8) is 0 Å². The number of rotatable bonds is 6. The van der Waals surface area contributed by atoms with Crippen molar-refractivity contribution in [2.75, 3.05) is 11.9 Å². The summed E-state index contributed by atoms with van der Waals surface area (Å²) >= 11 is 2.18. The summed E-state index contributed by atoms with van der Waals surface area (Å²) in [5, 5.41) is 2.66. The Balaban J connectivity index is 1.47. The lowest BCUT2D eigenvalue weighted by Crippen LogP contribution is -2.21. The van der Waals surface area contributed by atoms with Gasteiger partial charge in [-0.3, -0.25) is 9.59 Å². The van der Waals surface area contributed by atoms with Crippen molar-refractivity contribution in [1.29, 1.82) is 0 Å². The Morgan fingerprint density at radius 1 is 1.08 bits per heavy atom. The summed E-state index contributed by atoms with van der Waals surface area (Å²) in [6.07, 6.45) is 1.35. The maximum atomic E-state index is 11.9. The molecule has 0 spiro atoms. The second-order valence-electron chi connectivity index (χ2n) is 5.40. The zero-order valence-electron chi connectivity index (χ0n) is 13.6. The lowest BCUT2D eigenvalue weighted by Gasteiger charge is -2.06. The lowest BCUT2D eigenvalue weighted by atomic mass is 10.2. The Morgan fingerprint density at radius 3 is 2.54 bits per heavy atom. The predicted molar refractivity (Wildman–Crippen MR) is 104 cm³/mol. The number of oxazole rings is 1. The minimum absolute atomic E-state index is 0.0624. The van der Waals surface area contributed by atoms with Gasteiger partial charge in [0, 0.05) is 14.8 Å². The molecule has 132 valence electrons. The SMILES string of the molecule is O=C(COC(=O)Cc1coc(-c2ccccc2)n1)Nc1ccc(I)cc1. The quantitative estimate of drug-likeness (QED) is 0.447. The third-order valence-corrected chi connectivity index (χ3v) is 4.11. The first kappa shape index (κ1) is 18.1. The molecule has 7 heteroatoms. The molecule has 1 N–H and O–H groups in total. The smallest absolute Gasteiger partial charge is 0.312 e. The first-order chi connectivity index (χ1) is 12.6. The molecule has 26 heavy (non-hydrogen) atoms. The fourth-order valence-corrected chi connectivity index (χ4v) is 2.54. The molecular formula is C19H15IN2O4. The highest BCUT2D eigenvalue weighted by Crippen LogP contribution is 2.18.